The highest BCUT2D eigenvalue weighted by atomic mass is 32.2. The van der Waals surface area contributed by atoms with Gasteiger partial charge in [0, 0.05) is 18.8 Å². The van der Waals surface area contributed by atoms with Gasteiger partial charge in [-0.25, -0.2) is 8.42 Å². The molecule has 0 bridgehead atoms. The molecule has 1 atom stereocenters. The molecule has 1 unspecified atom stereocenters. The van der Waals surface area contributed by atoms with Crippen LogP contribution in [0.2, 0.25) is 0 Å². The number of carbonyl (C=O) groups excluding carboxylic acids is 1. The number of hydrogen-bond acceptors (Lipinski definition) is 4. The van der Waals surface area contributed by atoms with Crippen LogP contribution in [0, 0.1) is 19.8 Å². The summed E-state index contributed by atoms with van der Waals surface area (Å²) in [6.45, 7) is 8.21. The molecule has 0 aliphatic carbocycles. The summed E-state index contributed by atoms with van der Waals surface area (Å²) >= 11 is 0. The third-order valence-electron chi connectivity index (χ3n) is 5.26. The van der Waals surface area contributed by atoms with E-state index in [2.05, 4.69) is 29.4 Å². The molecule has 3 rings (SSSR count). The van der Waals surface area contributed by atoms with Gasteiger partial charge in [0.2, 0.25) is 15.9 Å². The van der Waals surface area contributed by atoms with Crippen LogP contribution >= 0.6 is 0 Å². The van der Waals surface area contributed by atoms with E-state index in [9.17, 15) is 13.2 Å². The van der Waals surface area contributed by atoms with Crippen LogP contribution in [0.25, 0.3) is 0 Å². The topological polar surface area (TPSA) is 95.2 Å². The Morgan fingerprint density at radius 2 is 1.93 bits per heavy atom. The average molecular weight is 405 g/mol. The zero-order valence-electron chi connectivity index (χ0n) is 16.8. The van der Waals surface area contributed by atoms with Crippen molar-refractivity contribution < 1.29 is 13.2 Å². The predicted molar refractivity (Wildman–Crippen MR) is 109 cm³/mol. The van der Waals surface area contributed by atoms with Crippen molar-refractivity contribution in [2.75, 3.05) is 18.4 Å². The van der Waals surface area contributed by atoms with Gasteiger partial charge in [-0.2, -0.15) is 9.40 Å². The normalized spacial score (nSPS) is 18.4. The van der Waals surface area contributed by atoms with Gasteiger partial charge in [-0.3, -0.25) is 9.89 Å². The Morgan fingerprint density at radius 3 is 2.50 bits per heavy atom. The van der Waals surface area contributed by atoms with Crippen LogP contribution in [-0.4, -0.2) is 41.9 Å². The summed E-state index contributed by atoms with van der Waals surface area (Å²) in [6, 6.07) is 7.79. The SMILES string of the molecule is Cc1n[nH]c(C)c1S(=O)(=O)N1CCCC(C(=O)Nc2ccc(C(C)C)cc2)C1. The Morgan fingerprint density at radius 1 is 1.25 bits per heavy atom. The number of anilines is 1. The van der Waals surface area contributed by atoms with Crippen LogP contribution in [-0.2, 0) is 14.8 Å². The van der Waals surface area contributed by atoms with Crippen LogP contribution in [0.5, 0.6) is 0 Å². The molecule has 0 saturated carbocycles. The fourth-order valence-electron chi connectivity index (χ4n) is 3.62. The molecular weight excluding hydrogens is 376 g/mol. The number of aromatic amines is 1. The van der Waals surface area contributed by atoms with E-state index in [0.29, 0.717) is 36.7 Å². The van der Waals surface area contributed by atoms with Gasteiger partial charge in [0.15, 0.2) is 0 Å². The number of rotatable bonds is 5. The summed E-state index contributed by atoms with van der Waals surface area (Å²) in [5, 5.41) is 9.65. The van der Waals surface area contributed by atoms with Crippen LogP contribution < -0.4 is 5.32 Å². The Labute approximate surface area is 166 Å². The molecular formula is C20H28N4O3S. The Hall–Kier alpha value is -2.19. The molecule has 2 heterocycles. The number of aromatic nitrogens is 2. The summed E-state index contributed by atoms with van der Waals surface area (Å²) < 4.78 is 27.5. The highest BCUT2D eigenvalue weighted by Gasteiger charge is 2.35. The lowest BCUT2D eigenvalue weighted by Crippen LogP contribution is -2.43. The number of aryl methyl sites for hydroxylation is 2. The van der Waals surface area contributed by atoms with Crippen molar-refractivity contribution in [3.63, 3.8) is 0 Å². The minimum Gasteiger partial charge on any atom is -0.326 e. The first-order chi connectivity index (χ1) is 13.2. The summed E-state index contributed by atoms with van der Waals surface area (Å²) in [7, 11) is -3.67. The molecule has 0 spiro atoms. The Balaban J connectivity index is 1.71. The van der Waals surface area contributed by atoms with Gasteiger partial charge in [-0.05, 0) is 50.3 Å². The lowest BCUT2D eigenvalue weighted by atomic mass is 9.98. The standard InChI is InChI=1S/C20H28N4O3S/c1-13(2)16-7-9-18(10-8-16)21-20(25)17-6-5-11-24(12-17)28(26,27)19-14(3)22-23-15(19)4/h7-10,13,17H,5-6,11-12H2,1-4H3,(H,21,25)(H,22,23). The van der Waals surface area contributed by atoms with Crippen LogP contribution in [0.1, 0.15) is 49.6 Å². The molecule has 2 aromatic rings. The molecule has 0 radical (unpaired) electrons. The van der Waals surface area contributed by atoms with E-state index in [1.165, 1.54) is 9.87 Å². The third kappa shape index (κ3) is 4.12. The van der Waals surface area contributed by atoms with E-state index in [4.69, 9.17) is 0 Å². The molecule has 8 heteroatoms. The lowest BCUT2D eigenvalue weighted by Gasteiger charge is -2.31. The largest absolute Gasteiger partial charge is 0.326 e. The summed E-state index contributed by atoms with van der Waals surface area (Å²) in [5.41, 5.74) is 2.92. The van der Waals surface area contributed by atoms with E-state index >= 15 is 0 Å². The van der Waals surface area contributed by atoms with Crippen LogP contribution in [0.3, 0.4) is 0 Å². The van der Waals surface area contributed by atoms with Crippen molar-refractivity contribution >= 4 is 21.6 Å². The number of benzene rings is 1. The average Bonchev–Trinajstić information content (AvgIpc) is 3.01. The zero-order valence-corrected chi connectivity index (χ0v) is 17.6. The summed E-state index contributed by atoms with van der Waals surface area (Å²) in [5.74, 6) is -0.0876. The molecule has 1 saturated heterocycles. The molecule has 2 N–H and O–H groups in total. The Bertz CT molecular complexity index is 929. The van der Waals surface area contributed by atoms with Crippen molar-refractivity contribution in [1.82, 2.24) is 14.5 Å². The smallest absolute Gasteiger partial charge is 0.246 e. The summed E-state index contributed by atoms with van der Waals surface area (Å²) in [4.78, 5) is 12.9. The fourth-order valence-corrected chi connectivity index (χ4v) is 5.48. The summed E-state index contributed by atoms with van der Waals surface area (Å²) in [6.07, 6.45) is 1.32. The molecule has 1 aliphatic heterocycles. The second kappa shape index (κ2) is 8.05. The van der Waals surface area contributed by atoms with E-state index in [1.807, 2.05) is 24.3 Å². The minimum absolute atomic E-state index is 0.141. The first-order valence-electron chi connectivity index (χ1n) is 9.62. The molecule has 28 heavy (non-hydrogen) atoms. The highest BCUT2D eigenvalue weighted by molar-refractivity contribution is 7.89. The first kappa shape index (κ1) is 20.5. The Kier molecular flexibility index (Phi) is 5.90. The number of piperidine rings is 1. The maximum Gasteiger partial charge on any atom is 0.246 e. The number of sulfonamides is 1. The minimum atomic E-state index is -3.67. The third-order valence-corrected chi connectivity index (χ3v) is 7.39. The van der Waals surface area contributed by atoms with Gasteiger partial charge < -0.3 is 5.32 Å². The molecule has 1 aliphatic rings. The van der Waals surface area contributed by atoms with Gasteiger partial charge in [-0.1, -0.05) is 26.0 Å². The number of nitrogens with one attached hydrogen (secondary N) is 2. The molecule has 1 amide bonds. The number of amides is 1. The molecule has 7 nitrogen and oxygen atoms in total. The number of H-pyrrole nitrogens is 1. The van der Waals surface area contributed by atoms with E-state index < -0.39 is 10.0 Å². The van der Waals surface area contributed by atoms with Crippen molar-refractivity contribution in [2.24, 2.45) is 5.92 Å². The van der Waals surface area contributed by atoms with E-state index in [1.54, 1.807) is 13.8 Å². The quantitative estimate of drug-likeness (QED) is 0.800. The van der Waals surface area contributed by atoms with E-state index in [-0.39, 0.29) is 23.3 Å². The first-order valence-corrected chi connectivity index (χ1v) is 11.1. The van der Waals surface area contributed by atoms with Gasteiger partial charge >= 0.3 is 0 Å². The lowest BCUT2D eigenvalue weighted by molar-refractivity contribution is -0.120. The molecule has 1 fully saturated rings. The molecule has 1 aromatic carbocycles. The number of nitrogens with zero attached hydrogens (tertiary/aromatic N) is 2. The van der Waals surface area contributed by atoms with Gasteiger partial charge in [0.05, 0.1) is 17.3 Å². The number of hydrogen-bond donors (Lipinski definition) is 2. The second-order valence-corrected chi connectivity index (χ2v) is 9.61. The van der Waals surface area contributed by atoms with Gasteiger partial charge in [-0.15, -0.1) is 0 Å². The maximum absolute atomic E-state index is 13.1. The molecule has 152 valence electrons. The van der Waals surface area contributed by atoms with Crippen LogP contribution in [0.4, 0.5) is 5.69 Å². The zero-order chi connectivity index (χ0) is 20.5. The highest BCUT2D eigenvalue weighted by Crippen LogP contribution is 2.27. The van der Waals surface area contributed by atoms with Crippen molar-refractivity contribution in [1.29, 1.82) is 0 Å². The number of carbonyl (C=O) groups is 1. The van der Waals surface area contributed by atoms with Crippen molar-refractivity contribution in [2.45, 2.75) is 51.3 Å². The van der Waals surface area contributed by atoms with Crippen molar-refractivity contribution in [3.05, 3.63) is 41.2 Å². The predicted octanol–water partition coefficient (Wildman–Crippen LogP) is 3.19. The second-order valence-electron chi connectivity index (χ2n) is 7.73. The molecule has 1 aromatic heterocycles. The van der Waals surface area contributed by atoms with Gasteiger partial charge in [0.1, 0.15) is 4.90 Å². The van der Waals surface area contributed by atoms with Gasteiger partial charge in [0.25, 0.3) is 0 Å². The maximum atomic E-state index is 13.1. The van der Waals surface area contributed by atoms with Crippen molar-refractivity contribution in [3.8, 4) is 0 Å². The monoisotopic (exact) mass is 404 g/mol. The fraction of sp³-hybridized carbons (Fsp3) is 0.500. The van der Waals surface area contributed by atoms with Crippen LogP contribution in [0.15, 0.2) is 29.2 Å². The van der Waals surface area contributed by atoms with E-state index in [0.717, 1.165) is 5.69 Å².